The summed E-state index contributed by atoms with van der Waals surface area (Å²) in [7, 11) is 0. The van der Waals surface area contributed by atoms with Crippen LogP contribution in [0.15, 0.2) is 43.0 Å². The smallest absolute Gasteiger partial charge is 0.408 e. The Labute approximate surface area is 278 Å². The predicted octanol–water partition coefficient (Wildman–Crippen LogP) is 3.75. The molecule has 4 amide bonds. The van der Waals surface area contributed by atoms with Crippen LogP contribution in [0.4, 0.5) is 4.79 Å². The van der Waals surface area contributed by atoms with E-state index in [1.807, 2.05) is 65.0 Å². The van der Waals surface area contributed by atoms with Gasteiger partial charge in [-0.3, -0.25) is 24.0 Å². The van der Waals surface area contributed by atoms with E-state index in [2.05, 4.69) is 22.5 Å². The van der Waals surface area contributed by atoms with Crippen LogP contribution in [0, 0.1) is 22.7 Å². The van der Waals surface area contributed by atoms with Crippen molar-refractivity contribution in [3.63, 3.8) is 0 Å². The van der Waals surface area contributed by atoms with Crippen molar-refractivity contribution in [2.75, 3.05) is 13.1 Å². The van der Waals surface area contributed by atoms with Crippen LogP contribution < -0.4 is 16.0 Å². The zero-order valence-corrected chi connectivity index (χ0v) is 29.1. The van der Waals surface area contributed by atoms with Gasteiger partial charge in [0.1, 0.15) is 23.5 Å². The molecule has 1 heterocycles. The van der Waals surface area contributed by atoms with Gasteiger partial charge in [-0.15, -0.1) is 6.58 Å². The molecular weight excluding hydrogens is 600 g/mol. The summed E-state index contributed by atoms with van der Waals surface area (Å²) in [4.78, 5) is 80.8. The molecule has 1 aliphatic carbocycles. The highest BCUT2D eigenvalue weighted by Crippen LogP contribution is 2.65. The first-order chi connectivity index (χ1) is 21.8. The fourth-order valence-corrected chi connectivity index (χ4v) is 6.34. The summed E-state index contributed by atoms with van der Waals surface area (Å²) in [6.07, 6.45) is 1.63. The molecule has 258 valence electrons. The number of ketones is 2. The van der Waals surface area contributed by atoms with E-state index in [0.29, 0.717) is 13.0 Å². The Hall–Kier alpha value is -4.02. The zero-order chi connectivity index (χ0) is 35.3. The molecule has 47 heavy (non-hydrogen) atoms. The molecule has 2 fully saturated rings. The van der Waals surface area contributed by atoms with E-state index in [-0.39, 0.29) is 48.8 Å². The Morgan fingerprint density at radius 3 is 2.23 bits per heavy atom. The van der Waals surface area contributed by atoms with Crippen molar-refractivity contribution in [1.29, 1.82) is 0 Å². The number of carbonyl (C=O) groups is 6. The first kappa shape index (κ1) is 37.4. The van der Waals surface area contributed by atoms with Crippen LogP contribution in [0.1, 0.15) is 80.2 Å². The van der Waals surface area contributed by atoms with Crippen molar-refractivity contribution < 1.29 is 33.5 Å². The second kappa shape index (κ2) is 14.8. The van der Waals surface area contributed by atoms with E-state index < -0.39 is 58.7 Å². The van der Waals surface area contributed by atoms with Gasteiger partial charge in [-0.1, -0.05) is 71.0 Å². The fourth-order valence-electron chi connectivity index (χ4n) is 6.34. The molecule has 1 saturated carbocycles. The highest BCUT2D eigenvalue weighted by atomic mass is 16.6. The van der Waals surface area contributed by atoms with Gasteiger partial charge in [0.25, 0.3) is 5.91 Å². The lowest BCUT2D eigenvalue weighted by Gasteiger charge is -2.38. The van der Waals surface area contributed by atoms with Gasteiger partial charge < -0.3 is 25.6 Å². The first-order valence-corrected chi connectivity index (χ1v) is 16.4. The highest BCUT2D eigenvalue weighted by Gasteiger charge is 2.70. The van der Waals surface area contributed by atoms with E-state index in [1.54, 1.807) is 26.8 Å². The number of amides is 4. The number of piperidine rings is 1. The molecule has 3 N–H and O–H groups in total. The molecule has 11 heteroatoms. The number of benzene rings is 1. The standard InChI is InChI=1S/C36H52N4O7/c1-10-11-17-25(28(42)31(44)37-19-18-23(41)20-22-15-13-12-14-16-22)38-30(43)27-26-24(36(26,8)9)21-40(27)32(45)29(34(2,3)4)39-33(46)47-35(5,6)7/h10,12-16,24-27,29H,1,11,17-21H2,2-9H3,(H,37,44)(H,38,43)(H,39,46)/t24?,25?,26?,27?,29-/m1/s1. The molecule has 0 spiro atoms. The monoisotopic (exact) mass is 652 g/mol. The van der Waals surface area contributed by atoms with Crippen molar-refractivity contribution in [2.24, 2.45) is 22.7 Å². The van der Waals surface area contributed by atoms with E-state index in [0.717, 1.165) is 5.56 Å². The second-order valence-corrected chi connectivity index (χ2v) is 15.3. The third-order valence-electron chi connectivity index (χ3n) is 8.98. The van der Waals surface area contributed by atoms with Gasteiger partial charge in [-0.2, -0.15) is 0 Å². The fraction of sp³-hybridized carbons (Fsp3) is 0.611. The van der Waals surface area contributed by atoms with Crippen molar-refractivity contribution >= 4 is 35.4 Å². The van der Waals surface area contributed by atoms with Crippen LogP contribution >= 0.6 is 0 Å². The van der Waals surface area contributed by atoms with Crippen LogP contribution in [-0.4, -0.2) is 77.1 Å². The third-order valence-corrected chi connectivity index (χ3v) is 8.98. The molecule has 1 aliphatic heterocycles. The third kappa shape index (κ3) is 9.74. The van der Waals surface area contributed by atoms with Crippen LogP contribution in [0.25, 0.3) is 0 Å². The Bertz CT molecular complexity index is 1360. The van der Waals surface area contributed by atoms with E-state index in [4.69, 9.17) is 4.74 Å². The predicted molar refractivity (Wildman–Crippen MR) is 178 cm³/mol. The number of fused-ring (bicyclic) bond motifs is 1. The minimum Gasteiger partial charge on any atom is -0.444 e. The number of alkyl carbamates (subject to hydrolysis) is 1. The van der Waals surface area contributed by atoms with E-state index in [1.165, 1.54) is 4.90 Å². The molecule has 11 nitrogen and oxygen atoms in total. The molecule has 1 aromatic carbocycles. The second-order valence-electron chi connectivity index (χ2n) is 15.3. The first-order valence-electron chi connectivity index (χ1n) is 16.4. The Morgan fingerprint density at radius 1 is 1.02 bits per heavy atom. The Balaban J connectivity index is 1.72. The molecule has 2 aliphatic rings. The van der Waals surface area contributed by atoms with Crippen LogP contribution in [0.3, 0.4) is 0 Å². The number of ether oxygens (including phenoxy) is 1. The van der Waals surface area contributed by atoms with Crippen molar-refractivity contribution in [2.45, 2.75) is 105 Å². The van der Waals surface area contributed by atoms with Gasteiger partial charge in [-0.05, 0) is 61.8 Å². The zero-order valence-electron chi connectivity index (χ0n) is 29.1. The summed E-state index contributed by atoms with van der Waals surface area (Å²) in [5.74, 6) is -2.87. The maximum atomic E-state index is 14.1. The molecule has 0 radical (unpaired) electrons. The SMILES string of the molecule is C=CCCC(NC(=O)C1C2C(CN1C(=O)[C@@H](NC(=O)OC(C)(C)C)C(C)(C)C)C2(C)C)C(=O)C(=O)NCCC(=O)Cc1ccccc1. The number of nitrogens with one attached hydrogen (secondary N) is 3. The number of rotatable bonds is 14. The average molecular weight is 653 g/mol. The molecular formula is C36H52N4O7. The van der Waals surface area contributed by atoms with Crippen molar-refractivity contribution in [3.05, 3.63) is 48.6 Å². The van der Waals surface area contributed by atoms with Gasteiger partial charge in [0.2, 0.25) is 17.6 Å². The lowest BCUT2D eigenvalue weighted by atomic mass is 9.85. The quantitative estimate of drug-likeness (QED) is 0.205. The van der Waals surface area contributed by atoms with Gasteiger partial charge in [0.15, 0.2) is 0 Å². The number of allylic oxidation sites excluding steroid dienone is 1. The molecule has 5 atom stereocenters. The Kier molecular flexibility index (Phi) is 11.8. The maximum absolute atomic E-state index is 14.1. The topological polar surface area (TPSA) is 151 Å². The Morgan fingerprint density at radius 2 is 1.66 bits per heavy atom. The summed E-state index contributed by atoms with van der Waals surface area (Å²) < 4.78 is 5.42. The number of likely N-dealkylation sites (tertiary alicyclic amines) is 1. The lowest BCUT2D eigenvalue weighted by Crippen LogP contribution is -2.60. The van der Waals surface area contributed by atoms with Gasteiger partial charge in [0.05, 0.1) is 6.04 Å². The van der Waals surface area contributed by atoms with Gasteiger partial charge >= 0.3 is 6.09 Å². The molecule has 0 aromatic heterocycles. The molecule has 1 aromatic rings. The molecule has 4 unspecified atom stereocenters. The van der Waals surface area contributed by atoms with Gasteiger partial charge in [-0.25, -0.2) is 4.79 Å². The lowest BCUT2D eigenvalue weighted by molar-refractivity contribution is -0.145. The number of carbonyl (C=O) groups excluding carboxylic acids is 6. The number of hydrogen-bond donors (Lipinski definition) is 3. The largest absolute Gasteiger partial charge is 0.444 e. The summed E-state index contributed by atoms with van der Waals surface area (Å²) in [6, 6.07) is 6.20. The summed E-state index contributed by atoms with van der Waals surface area (Å²) in [5, 5.41) is 8.00. The van der Waals surface area contributed by atoms with E-state index >= 15 is 0 Å². The number of Topliss-reactive ketones (excluding diaryl/α,β-unsaturated/α-hetero) is 2. The maximum Gasteiger partial charge on any atom is 0.408 e. The summed E-state index contributed by atoms with van der Waals surface area (Å²) in [5.41, 5.74) is -0.824. The summed E-state index contributed by atoms with van der Waals surface area (Å²) >= 11 is 0. The number of hydrogen-bond acceptors (Lipinski definition) is 7. The summed E-state index contributed by atoms with van der Waals surface area (Å²) in [6.45, 7) is 18.7. The van der Waals surface area contributed by atoms with Crippen LogP contribution in [-0.2, 0) is 35.1 Å². The molecule has 3 rings (SSSR count). The van der Waals surface area contributed by atoms with Crippen molar-refractivity contribution in [1.82, 2.24) is 20.9 Å². The minimum atomic E-state index is -1.16. The molecule has 1 saturated heterocycles. The highest BCUT2D eigenvalue weighted by molar-refractivity contribution is 6.38. The normalized spacial score (nSPS) is 21.0. The van der Waals surface area contributed by atoms with E-state index in [9.17, 15) is 28.8 Å². The average Bonchev–Trinajstić information content (AvgIpc) is 3.27. The van der Waals surface area contributed by atoms with Gasteiger partial charge in [0, 0.05) is 25.9 Å². The minimum absolute atomic E-state index is 0.0138. The van der Waals surface area contributed by atoms with Crippen molar-refractivity contribution in [3.8, 4) is 0 Å². The van der Waals surface area contributed by atoms with Crippen LogP contribution in [0.2, 0.25) is 0 Å². The number of nitrogens with zero attached hydrogens (tertiary/aromatic N) is 1. The van der Waals surface area contributed by atoms with Crippen LogP contribution in [0.5, 0.6) is 0 Å². The molecule has 0 bridgehead atoms.